The van der Waals surface area contributed by atoms with Crippen molar-refractivity contribution in [2.75, 3.05) is 6.61 Å². The predicted octanol–water partition coefficient (Wildman–Crippen LogP) is 3.07. The third-order valence-electron chi connectivity index (χ3n) is 3.86. The molecule has 1 fully saturated rings. The molecular weight excluding hydrogens is 262 g/mol. The van der Waals surface area contributed by atoms with Crippen molar-refractivity contribution in [2.24, 2.45) is 0 Å². The number of hydrogen-bond donors (Lipinski definition) is 2. The molecule has 2 N–H and O–H groups in total. The lowest BCUT2D eigenvalue weighted by Crippen LogP contribution is -2.52. The van der Waals surface area contributed by atoms with Gasteiger partial charge in [-0.3, -0.25) is 4.79 Å². The molecule has 0 aromatic heterocycles. The normalized spacial score (nSPS) is 18.1. The van der Waals surface area contributed by atoms with Crippen LogP contribution >= 0.6 is 11.6 Å². The molecule has 1 amide bonds. The van der Waals surface area contributed by atoms with E-state index in [-0.39, 0.29) is 12.5 Å². The Labute approximate surface area is 119 Å². The Morgan fingerprint density at radius 1 is 1.37 bits per heavy atom. The highest BCUT2D eigenvalue weighted by Gasteiger charge is 2.33. The van der Waals surface area contributed by atoms with Gasteiger partial charge in [0.1, 0.15) is 0 Å². The molecule has 0 bridgehead atoms. The number of aliphatic hydroxyl groups excluding tert-OH is 1. The zero-order valence-corrected chi connectivity index (χ0v) is 12.0. The molecule has 1 aromatic rings. The van der Waals surface area contributed by atoms with Crippen LogP contribution in [0.4, 0.5) is 0 Å². The lowest BCUT2D eigenvalue weighted by atomic mass is 9.82. The van der Waals surface area contributed by atoms with E-state index in [1.807, 2.05) is 13.0 Å². The van der Waals surface area contributed by atoms with Gasteiger partial charge in [-0.05, 0) is 37.5 Å². The summed E-state index contributed by atoms with van der Waals surface area (Å²) < 4.78 is 0. The molecule has 1 saturated carbocycles. The minimum absolute atomic E-state index is 0.0117. The smallest absolute Gasteiger partial charge is 0.253 e. The number of benzene rings is 1. The van der Waals surface area contributed by atoms with Crippen molar-refractivity contribution in [1.82, 2.24) is 5.32 Å². The summed E-state index contributed by atoms with van der Waals surface area (Å²) in [4.78, 5) is 12.3. The van der Waals surface area contributed by atoms with E-state index in [0.717, 1.165) is 31.2 Å². The summed E-state index contributed by atoms with van der Waals surface area (Å²) in [6, 6.07) is 5.39. The fourth-order valence-corrected chi connectivity index (χ4v) is 2.98. The molecule has 1 aliphatic carbocycles. The molecule has 2 rings (SSSR count). The van der Waals surface area contributed by atoms with Crippen LogP contribution in [0.25, 0.3) is 0 Å². The maximum atomic E-state index is 12.3. The van der Waals surface area contributed by atoms with Crippen molar-refractivity contribution < 1.29 is 9.90 Å². The van der Waals surface area contributed by atoms with Crippen LogP contribution < -0.4 is 5.32 Å². The molecule has 1 aromatic carbocycles. The number of halogens is 1. The summed E-state index contributed by atoms with van der Waals surface area (Å²) in [5.41, 5.74) is 1.03. The Morgan fingerprint density at radius 3 is 2.63 bits per heavy atom. The van der Waals surface area contributed by atoms with E-state index in [2.05, 4.69) is 5.32 Å². The number of aryl methyl sites for hydroxylation is 1. The maximum absolute atomic E-state index is 12.3. The molecule has 0 spiro atoms. The highest BCUT2D eigenvalue weighted by Crippen LogP contribution is 2.28. The predicted molar refractivity (Wildman–Crippen MR) is 76.6 cm³/mol. The van der Waals surface area contributed by atoms with Crippen LogP contribution in [0.15, 0.2) is 18.2 Å². The van der Waals surface area contributed by atoms with Crippen LogP contribution in [0, 0.1) is 6.92 Å². The molecule has 19 heavy (non-hydrogen) atoms. The van der Waals surface area contributed by atoms with Gasteiger partial charge in [-0.25, -0.2) is 0 Å². The lowest BCUT2D eigenvalue weighted by Gasteiger charge is -2.36. The second-order valence-corrected chi connectivity index (χ2v) is 5.84. The van der Waals surface area contributed by atoms with Gasteiger partial charge in [0.25, 0.3) is 5.91 Å². The molecule has 0 heterocycles. The van der Waals surface area contributed by atoms with E-state index < -0.39 is 5.54 Å². The number of carbonyl (C=O) groups excluding carboxylic acids is 1. The first-order valence-electron chi connectivity index (χ1n) is 6.76. The fourth-order valence-electron chi connectivity index (χ4n) is 2.66. The SMILES string of the molecule is Cc1ccc(C(=O)NC2(CO)CCCCC2)c(Cl)c1. The van der Waals surface area contributed by atoms with Crippen molar-refractivity contribution in [3.8, 4) is 0 Å². The van der Waals surface area contributed by atoms with Gasteiger partial charge in [-0.15, -0.1) is 0 Å². The van der Waals surface area contributed by atoms with Gasteiger partial charge < -0.3 is 10.4 Å². The van der Waals surface area contributed by atoms with Crippen LogP contribution in [-0.4, -0.2) is 23.2 Å². The zero-order valence-electron chi connectivity index (χ0n) is 11.2. The Hall–Kier alpha value is -1.06. The summed E-state index contributed by atoms with van der Waals surface area (Å²) >= 11 is 6.11. The number of nitrogens with one attached hydrogen (secondary N) is 1. The summed E-state index contributed by atoms with van der Waals surface area (Å²) in [6.07, 6.45) is 4.92. The minimum atomic E-state index is -0.469. The maximum Gasteiger partial charge on any atom is 0.253 e. The largest absolute Gasteiger partial charge is 0.394 e. The van der Waals surface area contributed by atoms with Gasteiger partial charge in [0.2, 0.25) is 0 Å². The summed E-state index contributed by atoms with van der Waals surface area (Å²) in [5.74, 6) is -0.194. The van der Waals surface area contributed by atoms with Gasteiger partial charge in [-0.2, -0.15) is 0 Å². The summed E-state index contributed by atoms with van der Waals surface area (Å²) in [6.45, 7) is 1.92. The Morgan fingerprint density at radius 2 is 2.05 bits per heavy atom. The summed E-state index contributed by atoms with van der Waals surface area (Å²) in [7, 11) is 0. The second kappa shape index (κ2) is 5.93. The Bertz CT molecular complexity index is 467. The first kappa shape index (κ1) is 14.4. The molecule has 0 unspecified atom stereocenters. The highest BCUT2D eigenvalue weighted by atomic mass is 35.5. The van der Waals surface area contributed by atoms with Crippen LogP contribution in [0.5, 0.6) is 0 Å². The average Bonchev–Trinajstić information content (AvgIpc) is 2.39. The van der Waals surface area contributed by atoms with Crippen molar-refractivity contribution >= 4 is 17.5 Å². The van der Waals surface area contributed by atoms with E-state index in [0.29, 0.717) is 10.6 Å². The number of amides is 1. The molecule has 0 aliphatic heterocycles. The van der Waals surface area contributed by atoms with Crippen LogP contribution in [0.3, 0.4) is 0 Å². The van der Waals surface area contributed by atoms with E-state index in [1.165, 1.54) is 6.42 Å². The Kier molecular flexibility index (Phi) is 4.48. The number of hydrogen-bond acceptors (Lipinski definition) is 2. The van der Waals surface area contributed by atoms with E-state index >= 15 is 0 Å². The third kappa shape index (κ3) is 3.28. The number of carbonyl (C=O) groups is 1. The van der Waals surface area contributed by atoms with Crippen LogP contribution in [0.1, 0.15) is 48.0 Å². The molecular formula is C15H20ClNO2. The molecule has 1 aliphatic rings. The van der Waals surface area contributed by atoms with Crippen molar-refractivity contribution in [1.29, 1.82) is 0 Å². The minimum Gasteiger partial charge on any atom is -0.394 e. The van der Waals surface area contributed by atoms with Gasteiger partial charge >= 0.3 is 0 Å². The monoisotopic (exact) mass is 281 g/mol. The van der Waals surface area contributed by atoms with Gasteiger partial charge in [-0.1, -0.05) is 36.9 Å². The Balaban J connectivity index is 2.15. The topological polar surface area (TPSA) is 49.3 Å². The van der Waals surface area contributed by atoms with Crippen LogP contribution in [-0.2, 0) is 0 Å². The molecule has 0 saturated heterocycles. The van der Waals surface area contributed by atoms with E-state index in [1.54, 1.807) is 12.1 Å². The van der Waals surface area contributed by atoms with Gasteiger partial charge in [0, 0.05) is 0 Å². The van der Waals surface area contributed by atoms with Crippen LogP contribution in [0.2, 0.25) is 5.02 Å². The van der Waals surface area contributed by atoms with Gasteiger partial charge in [0.15, 0.2) is 0 Å². The number of rotatable bonds is 3. The third-order valence-corrected chi connectivity index (χ3v) is 4.17. The molecule has 4 heteroatoms. The van der Waals surface area contributed by atoms with E-state index in [9.17, 15) is 9.90 Å². The first-order chi connectivity index (χ1) is 9.06. The molecule has 3 nitrogen and oxygen atoms in total. The standard InChI is InChI=1S/C15H20ClNO2/c1-11-5-6-12(13(16)9-11)14(19)17-15(10-18)7-3-2-4-8-15/h5-6,9,18H,2-4,7-8,10H2,1H3,(H,17,19). The van der Waals surface area contributed by atoms with Crippen molar-refractivity contribution in [2.45, 2.75) is 44.6 Å². The zero-order chi connectivity index (χ0) is 13.9. The molecule has 104 valence electrons. The summed E-state index contributed by atoms with van der Waals surface area (Å²) in [5, 5.41) is 13.0. The highest BCUT2D eigenvalue weighted by molar-refractivity contribution is 6.33. The molecule has 0 radical (unpaired) electrons. The van der Waals surface area contributed by atoms with Crippen molar-refractivity contribution in [3.05, 3.63) is 34.3 Å². The second-order valence-electron chi connectivity index (χ2n) is 5.44. The van der Waals surface area contributed by atoms with E-state index in [4.69, 9.17) is 11.6 Å². The fraction of sp³-hybridized carbons (Fsp3) is 0.533. The van der Waals surface area contributed by atoms with Gasteiger partial charge in [0.05, 0.1) is 22.7 Å². The average molecular weight is 282 g/mol. The van der Waals surface area contributed by atoms with Crippen molar-refractivity contribution in [3.63, 3.8) is 0 Å². The first-order valence-corrected chi connectivity index (χ1v) is 7.14. The number of aliphatic hydroxyl groups is 1. The quantitative estimate of drug-likeness (QED) is 0.894. The lowest BCUT2D eigenvalue weighted by molar-refractivity contribution is 0.0759. The molecule has 0 atom stereocenters.